The Morgan fingerprint density at radius 2 is 2.40 bits per heavy atom. The fourth-order valence-electron chi connectivity index (χ4n) is 1.38. The Morgan fingerprint density at radius 3 is 3.07 bits per heavy atom. The largest absolute Gasteiger partial charge is 0.487 e. The molecular formula is C10H12N2O3. The van der Waals surface area contributed by atoms with Crippen LogP contribution >= 0.6 is 0 Å². The number of hydrogen-bond acceptors (Lipinski definition) is 4. The standard InChI is InChI=1S/C10H12N2O3/c1-10(2)5-15-7-3-6(9(13)14)4-11-8(7)12-10/h3-4H,5H2,1-2H3,(H,11,12)(H,13,14). The Morgan fingerprint density at radius 1 is 1.67 bits per heavy atom. The maximum atomic E-state index is 10.7. The van der Waals surface area contributed by atoms with Gasteiger partial charge in [-0.2, -0.15) is 0 Å². The Hall–Kier alpha value is -1.78. The van der Waals surface area contributed by atoms with Crippen LogP contribution in [0.4, 0.5) is 5.82 Å². The van der Waals surface area contributed by atoms with Gasteiger partial charge in [0.25, 0.3) is 0 Å². The molecule has 80 valence electrons. The third-order valence-corrected chi connectivity index (χ3v) is 2.14. The van der Waals surface area contributed by atoms with Crippen molar-refractivity contribution in [1.29, 1.82) is 0 Å². The van der Waals surface area contributed by atoms with Crippen molar-refractivity contribution < 1.29 is 14.6 Å². The lowest BCUT2D eigenvalue weighted by Gasteiger charge is -2.32. The van der Waals surface area contributed by atoms with Crippen LogP contribution in [0.3, 0.4) is 0 Å². The van der Waals surface area contributed by atoms with Gasteiger partial charge in [-0.05, 0) is 13.8 Å². The number of nitrogens with zero attached hydrogens (tertiary/aromatic N) is 1. The number of carboxylic acid groups (broad SMARTS) is 1. The number of fused-ring (bicyclic) bond motifs is 1. The zero-order valence-corrected chi connectivity index (χ0v) is 8.57. The average Bonchev–Trinajstić information content (AvgIpc) is 2.15. The first kappa shape index (κ1) is 9.76. The number of aromatic nitrogens is 1. The van der Waals surface area contributed by atoms with E-state index < -0.39 is 5.97 Å². The summed E-state index contributed by atoms with van der Waals surface area (Å²) < 4.78 is 5.44. The second-order valence-corrected chi connectivity index (χ2v) is 4.17. The number of ether oxygens (including phenoxy) is 1. The highest BCUT2D eigenvalue weighted by Crippen LogP contribution is 2.30. The molecule has 0 fully saturated rings. The molecule has 2 N–H and O–H groups in total. The quantitative estimate of drug-likeness (QED) is 0.729. The normalized spacial score (nSPS) is 17.2. The number of carboxylic acids is 1. The summed E-state index contributed by atoms with van der Waals surface area (Å²) in [5.41, 5.74) is -0.0414. The molecule has 15 heavy (non-hydrogen) atoms. The minimum absolute atomic E-state index is 0.134. The lowest BCUT2D eigenvalue weighted by atomic mass is 10.1. The van der Waals surface area contributed by atoms with E-state index in [4.69, 9.17) is 9.84 Å². The molecule has 5 heteroatoms. The molecule has 1 aromatic rings. The van der Waals surface area contributed by atoms with Gasteiger partial charge in [0, 0.05) is 12.3 Å². The minimum Gasteiger partial charge on any atom is -0.487 e. The van der Waals surface area contributed by atoms with Crippen LogP contribution < -0.4 is 10.1 Å². The van der Waals surface area contributed by atoms with Crippen LogP contribution in [-0.2, 0) is 0 Å². The maximum Gasteiger partial charge on any atom is 0.337 e. The molecule has 0 spiro atoms. The van der Waals surface area contributed by atoms with Gasteiger partial charge in [-0.25, -0.2) is 9.78 Å². The number of hydrogen-bond donors (Lipinski definition) is 2. The van der Waals surface area contributed by atoms with Crippen molar-refractivity contribution in [3.8, 4) is 5.75 Å². The van der Waals surface area contributed by atoms with Crippen molar-refractivity contribution in [2.45, 2.75) is 19.4 Å². The smallest absolute Gasteiger partial charge is 0.337 e. The molecule has 2 heterocycles. The summed E-state index contributed by atoms with van der Waals surface area (Å²) in [6.45, 7) is 4.47. The summed E-state index contributed by atoms with van der Waals surface area (Å²) in [5, 5.41) is 11.9. The Labute approximate surface area is 87.1 Å². The molecule has 0 aromatic carbocycles. The van der Waals surface area contributed by atoms with Crippen LogP contribution in [0, 0.1) is 0 Å². The first-order valence-corrected chi connectivity index (χ1v) is 4.62. The van der Waals surface area contributed by atoms with Crippen LogP contribution in [0.15, 0.2) is 12.3 Å². The molecule has 1 aliphatic heterocycles. The van der Waals surface area contributed by atoms with Crippen molar-refractivity contribution in [2.75, 3.05) is 11.9 Å². The maximum absolute atomic E-state index is 10.7. The van der Waals surface area contributed by atoms with Gasteiger partial charge in [-0.1, -0.05) is 0 Å². The van der Waals surface area contributed by atoms with Crippen molar-refractivity contribution >= 4 is 11.8 Å². The first-order valence-electron chi connectivity index (χ1n) is 4.62. The van der Waals surface area contributed by atoms with Gasteiger partial charge in [0.1, 0.15) is 6.61 Å². The molecule has 0 atom stereocenters. The fraction of sp³-hybridized carbons (Fsp3) is 0.400. The molecule has 0 saturated heterocycles. The molecular weight excluding hydrogens is 196 g/mol. The van der Waals surface area contributed by atoms with E-state index in [1.54, 1.807) is 0 Å². The molecule has 0 radical (unpaired) electrons. The summed E-state index contributed by atoms with van der Waals surface area (Å²) in [6, 6.07) is 1.48. The predicted octanol–water partition coefficient (Wildman–Crippen LogP) is 1.36. The summed E-state index contributed by atoms with van der Waals surface area (Å²) in [7, 11) is 0. The molecule has 2 rings (SSSR count). The molecule has 5 nitrogen and oxygen atoms in total. The molecule has 0 saturated carbocycles. The highest BCUT2D eigenvalue weighted by atomic mass is 16.5. The van der Waals surface area contributed by atoms with Gasteiger partial charge in [-0.15, -0.1) is 0 Å². The number of anilines is 1. The highest BCUT2D eigenvalue weighted by molar-refractivity contribution is 5.88. The van der Waals surface area contributed by atoms with Crippen molar-refractivity contribution in [1.82, 2.24) is 4.98 Å². The second-order valence-electron chi connectivity index (χ2n) is 4.17. The van der Waals surface area contributed by atoms with E-state index in [-0.39, 0.29) is 11.1 Å². The van der Waals surface area contributed by atoms with E-state index in [1.807, 2.05) is 13.8 Å². The van der Waals surface area contributed by atoms with E-state index in [9.17, 15) is 4.79 Å². The number of rotatable bonds is 1. The van der Waals surface area contributed by atoms with E-state index in [0.29, 0.717) is 18.2 Å². The first-order chi connectivity index (χ1) is 6.98. The topological polar surface area (TPSA) is 71.5 Å². The molecule has 0 aliphatic carbocycles. The zero-order valence-electron chi connectivity index (χ0n) is 8.57. The third-order valence-electron chi connectivity index (χ3n) is 2.14. The van der Waals surface area contributed by atoms with Gasteiger partial charge in [0.2, 0.25) is 0 Å². The number of nitrogens with one attached hydrogen (secondary N) is 1. The lowest BCUT2D eigenvalue weighted by Crippen LogP contribution is -2.41. The van der Waals surface area contributed by atoms with Gasteiger partial charge in [0.15, 0.2) is 11.6 Å². The summed E-state index contributed by atoms with van der Waals surface area (Å²) in [4.78, 5) is 14.7. The van der Waals surface area contributed by atoms with Crippen LogP contribution in [0.2, 0.25) is 0 Å². The number of aromatic carboxylic acids is 1. The van der Waals surface area contributed by atoms with Gasteiger partial charge >= 0.3 is 5.97 Å². The Bertz CT molecular complexity index is 415. The monoisotopic (exact) mass is 208 g/mol. The summed E-state index contributed by atoms with van der Waals surface area (Å²) >= 11 is 0. The SMILES string of the molecule is CC1(C)COc2cc(C(=O)O)cnc2N1. The fourth-order valence-corrected chi connectivity index (χ4v) is 1.38. The van der Waals surface area contributed by atoms with Crippen molar-refractivity contribution in [3.63, 3.8) is 0 Å². The molecule has 0 bridgehead atoms. The van der Waals surface area contributed by atoms with Crippen LogP contribution in [-0.4, -0.2) is 28.2 Å². The molecule has 1 aromatic heterocycles. The van der Waals surface area contributed by atoms with E-state index in [1.165, 1.54) is 12.3 Å². The predicted molar refractivity (Wildman–Crippen MR) is 54.4 cm³/mol. The lowest BCUT2D eigenvalue weighted by molar-refractivity contribution is 0.0696. The van der Waals surface area contributed by atoms with Crippen molar-refractivity contribution in [2.24, 2.45) is 0 Å². The van der Waals surface area contributed by atoms with E-state index >= 15 is 0 Å². The number of carbonyl (C=O) groups is 1. The zero-order chi connectivity index (χ0) is 11.1. The minimum atomic E-state index is -1.00. The van der Waals surface area contributed by atoms with E-state index in [0.717, 1.165) is 0 Å². The average molecular weight is 208 g/mol. The molecule has 0 unspecified atom stereocenters. The molecule has 0 amide bonds. The van der Waals surface area contributed by atoms with Crippen LogP contribution in [0.1, 0.15) is 24.2 Å². The highest BCUT2D eigenvalue weighted by Gasteiger charge is 2.27. The third kappa shape index (κ3) is 1.86. The molecule has 1 aliphatic rings. The van der Waals surface area contributed by atoms with E-state index in [2.05, 4.69) is 10.3 Å². The summed E-state index contributed by atoms with van der Waals surface area (Å²) in [5.74, 6) is 0.0872. The van der Waals surface area contributed by atoms with Crippen molar-refractivity contribution in [3.05, 3.63) is 17.8 Å². The van der Waals surface area contributed by atoms with Gasteiger partial charge < -0.3 is 15.2 Å². The second kappa shape index (κ2) is 3.12. The van der Waals surface area contributed by atoms with Crippen LogP contribution in [0.5, 0.6) is 5.75 Å². The van der Waals surface area contributed by atoms with Crippen LogP contribution in [0.25, 0.3) is 0 Å². The number of pyridine rings is 1. The van der Waals surface area contributed by atoms with Gasteiger partial charge in [-0.3, -0.25) is 0 Å². The Balaban J connectivity index is 2.36. The van der Waals surface area contributed by atoms with Gasteiger partial charge in [0.05, 0.1) is 11.1 Å². The summed E-state index contributed by atoms with van der Waals surface area (Å²) in [6.07, 6.45) is 1.32. The Kier molecular flexibility index (Phi) is 2.03.